The van der Waals surface area contributed by atoms with Crippen molar-refractivity contribution >= 4 is 34.8 Å². The molecule has 0 amide bonds. The molecule has 4 nitrogen and oxygen atoms in total. The Kier molecular flexibility index (Phi) is 6.00. The van der Waals surface area contributed by atoms with Gasteiger partial charge < -0.3 is 10.6 Å². The van der Waals surface area contributed by atoms with Gasteiger partial charge in [0.2, 0.25) is 0 Å². The summed E-state index contributed by atoms with van der Waals surface area (Å²) in [5, 5.41) is 8.48. The highest BCUT2D eigenvalue weighted by atomic mass is 32.2. The molecule has 0 aliphatic carbocycles. The van der Waals surface area contributed by atoms with Gasteiger partial charge in [-0.1, -0.05) is 12.2 Å². The second kappa shape index (κ2) is 7.05. The van der Waals surface area contributed by atoms with Crippen molar-refractivity contribution < 1.29 is 0 Å². The van der Waals surface area contributed by atoms with Gasteiger partial charge in [0.15, 0.2) is 5.82 Å². The topological polar surface area (TPSA) is 55.0 Å². The highest BCUT2D eigenvalue weighted by Crippen LogP contribution is 2.23. The zero-order valence-electron chi connectivity index (χ0n) is 12.2. The molecule has 106 valence electrons. The van der Waals surface area contributed by atoms with E-state index in [9.17, 15) is 0 Å². The third-order valence-corrected chi connectivity index (χ3v) is 4.27. The van der Waals surface area contributed by atoms with Crippen LogP contribution in [0.4, 0.5) is 5.82 Å². The number of hydrogen-bond acceptors (Lipinski definition) is 5. The van der Waals surface area contributed by atoms with E-state index in [0.29, 0.717) is 11.0 Å². The molecule has 6 heteroatoms. The Morgan fingerprint density at radius 1 is 1.42 bits per heavy atom. The van der Waals surface area contributed by atoms with Crippen LogP contribution in [-0.2, 0) is 0 Å². The molecule has 0 saturated heterocycles. The molecule has 1 unspecified atom stereocenters. The number of nitrogens with two attached hydrogens (primary N) is 1. The minimum Gasteiger partial charge on any atom is -0.389 e. The van der Waals surface area contributed by atoms with Gasteiger partial charge in [0.1, 0.15) is 4.99 Å². The average molecular weight is 298 g/mol. The number of anilines is 1. The molecule has 0 aliphatic heterocycles. The number of aromatic nitrogens is 2. The SMILES string of the molecule is CSCCC(C)N(C)c1nnc(C)c(C)c1C(N)=S. The van der Waals surface area contributed by atoms with Gasteiger partial charge in [0.05, 0.1) is 11.3 Å². The van der Waals surface area contributed by atoms with Crippen LogP contribution in [0.1, 0.15) is 30.2 Å². The summed E-state index contributed by atoms with van der Waals surface area (Å²) in [5.41, 5.74) is 8.59. The van der Waals surface area contributed by atoms with Crippen molar-refractivity contribution in [1.29, 1.82) is 0 Å². The lowest BCUT2D eigenvalue weighted by Gasteiger charge is -2.28. The maximum absolute atomic E-state index is 5.86. The molecule has 1 atom stereocenters. The Labute approximate surface area is 125 Å². The molecule has 0 fully saturated rings. The quantitative estimate of drug-likeness (QED) is 0.813. The summed E-state index contributed by atoms with van der Waals surface area (Å²) in [7, 11) is 2.02. The number of hydrogen-bond donors (Lipinski definition) is 1. The fourth-order valence-corrected chi connectivity index (χ4v) is 2.65. The van der Waals surface area contributed by atoms with E-state index in [0.717, 1.165) is 34.8 Å². The third kappa shape index (κ3) is 3.79. The van der Waals surface area contributed by atoms with Gasteiger partial charge in [0, 0.05) is 13.1 Å². The molecule has 2 N–H and O–H groups in total. The predicted octanol–water partition coefficient (Wildman–Crippen LogP) is 2.31. The molecule has 0 bridgehead atoms. The Hall–Kier alpha value is -0.880. The van der Waals surface area contributed by atoms with Gasteiger partial charge in [-0.2, -0.15) is 16.9 Å². The lowest BCUT2D eigenvalue weighted by atomic mass is 10.1. The largest absolute Gasteiger partial charge is 0.389 e. The zero-order chi connectivity index (χ0) is 14.6. The number of aryl methyl sites for hydroxylation is 1. The van der Waals surface area contributed by atoms with E-state index in [1.54, 1.807) is 0 Å². The molecule has 0 spiro atoms. The summed E-state index contributed by atoms with van der Waals surface area (Å²) >= 11 is 7.01. The summed E-state index contributed by atoms with van der Waals surface area (Å²) in [4.78, 5) is 2.50. The lowest BCUT2D eigenvalue weighted by molar-refractivity contribution is 0.655. The van der Waals surface area contributed by atoms with Crippen molar-refractivity contribution in [2.45, 2.75) is 33.2 Å². The molecule has 1 heterocycles. The van der Waals surface area contributed by atoms with Crippen LogP contribution < -0.4 is 10.6 Å². The van der Waals surface area contributed by atoms with Crippen LogP contribution in [0.5, 0.6) is 0 Å². The molecule has 0 aromatic carbocycles. The van der Waals surface area contributed by atoms with E-state index in [1.165, 1.54) is 0 Å². The molecule has 19 heavy (non-hydrogen) atoms. The van der Waals surface area contributed by atoms with Crippen molar-refractivity contribution in [2.75, 3.05) is 24.0 Å². The van der Waals surface area contributed by atoms with E-state index >= 15 is 0 Å². The summed E-state index contributed by atoms with van der Waals surface area (Å²) in [6.07, 6.45) is 3.20. The maximum atomic E-state index is 5.86. The summed E-state index contributed by atoms with van der Waals surface area (Å²) < 4.78 is 0. The summed E-state index contributed by atoms with van der Waals surface area (Å²) in [5.74, 6) is 1.90. The fraction of sp³-hybridized carbons (Fsp3) is 0.615. The van der Waals surface area contributed by atoms with Crippen LogP contribution in [0, 0.1) is 13.8 Å². The standard InChI is InChI=1S/C13H22N4S2/c1-8(6-7-19-5)17(4)13-11(12(14)18)9(2)10(3)15-16-13/h8H,6-7H2,1-5H3,(H2,14,18). The molecule has 1 aromatic rings. The van der Waals surface area contributed by atoms with Crippen molar-refractivity contribution in [3.63, 3.8) is 0 Å². The van der Waals surface area contributed by atoms with Crippen molar-refractivity contribution in [3.8, 4) is 0 Å². The fourth-order valence-electron chi connectivity index (χ4n) is 1.83. The van der Waals surface area contributed by atoms with Crippen LogP contribution in [0.25, 0.3) is 0 Å². The number of thiocarbonyl (C=S) groups is 1. The minimum absolute atomic E-state index is 0.372. The highest BCUT2D eigenvalue weighted by Gasteiger charge is 2.19. The van der Waals surface area contributed by atoms with E-state index in [-0.39, 0.29) is 0 Å². The normalized spacial score (nSPS) is 12.3. The first-order valence-corrected chi connectivity index (χ1v) is 8.05. The lowest BCUT2D eigenvalue weighted by Crippen LogP contribution is -2.33. The maximum Gasteiger partial charge on any atom is 0.161 e. The Bertz CT molecular complexity index is 462. The van der Waals surface area contributed by atoms with E-state index < -0.39 is 0 Å². The van der Waals surface area contributed by atoms with Gasteiger partial charge in [-0.3, -0.25) is 0 Å². The van der Waals surface area contributed by atoms with Crippen LogP contribution in [-0.4, -0.2) is 40.3 Å². The number of nitrogens with zero attached hydrogens (tertiary/aromatic N) is 3. The predicted molar refractivity (Wildman–Crippen MR) is 88.3 cm³/mol. The van der Waals surface area contributed by atoms with E-state index in [2.05, 4.69) is 28.3 Å². The summed E-state index contributed by atoms with van der Waals surface area (Å²) in [6.45, 7) is 6.09. The van der Waals surface area contributed by atoms with Crippen molar-refractivity contribution in [3.05, 3.63) is 16.8 Å². The van der Waals surface area contributed by atoms with Crippen LogP contribution in [0.2, 0.25) is 0 Å². The molecule has 0 saturated carbocycles. The molecule has 0 radical (unpaired) electrons. The molecule has 0 aliphatic rings. The second-order valence-corrected chi connectivity index (χ2v) is 6.14. The van der Waals surface area contributed by atoms with E-state index in [4.69, 9.17) is 18.0 Å². The van der Waals surface area contributed by atoms with Gasteiger partial charge >= 0.3 is 0 Å². The van der Waals surface area contributed by atoms with E-state index in [1.807, 2.05) is 32.7 Å². The van der Waals surface area contributed by atoms with Crippen LogP contribution in [0.3, 0.4) is 0 Å². The van der Waals surface area contributed by atoms with Gasteiger partial charge in [-0.15, -0.1) is 5.10 Å². The first-order valence-electron chi connectivity index (χ1n) is 6.25. The van der Waals surface area contributed by atoms with Gasteiger partial charge in [-0.25, -0.2) is 0 Å². The number of rotatable bonds is 6. The minimum atomic E-state index is 0.372. The Balaban J connectivity index is 3.12. The van der Waals surface area contributed by atoms with Gasteiger partial charge in [-0.05, 0) is 44.8 Å². The van der Waals surface area contributed by atoms with Crippen molar-refractivity contribution in [1.82, 2.24) is 10.2 Å². The Morgan fingerprint density at radius 3 is 2.58 bits per heavy atom. The Morgan fingerprint density at radius 2 is 2.05 bits per heavy atom. The monoisotopic (exact) mass is 298 g/mol. The summed E-state index contributed by atoms with van der Waals surface area (Å²) in [6, 6.07) is 0.372. The van der Waals surface area contributed by atoms with Crippen LogP contribution >= 0.6 is 24.0 Å². The highest BCUT2D eigenvalue weighted by molar-refractivity contribution is 7.98. The average Bonchev–Trinajstić information content (AvgIpc) is 2.37. The molecule has 1 rings (SSSR count). The third-order valence-electron chi connectivity index (χ3n) is 3.42. The zero-order valence-corrected chi connectivity index (χ0v) is 13.9. The van der Waals surface area contributed by atoms with Gasteiger partial charge in [0.25, 0.3) is 0 Å². The molecular formula is C13H22N4S2. The molecular weight excluding hydrogens is 276 g/mol. The van der Waals surface area contributed by atoms with Crippen LogP contribution in [0.15, 0.2) is 0 Å². The first kappa shape index (κ1) is 16.2. The number of thioether (sulfide) groups is 1. The smallest absolute Gasteiger partial charge is 0.161 e. The second-order valence-electron chi connectivity index (χ2n) is 4.71. The first-order chi connectivity index (χ1) is 8.90. The van der Waals surface area contributed by atoms with Crippen molar-refractivity contribution in [2.24, 2.45) is 5.73 Å². The molecule has 1 aromatic heterocycles.